The number of fused-ring (bicyclic) bond motifs is 1. The van der Waals surface area contributed by atoms with Gasteiger partial charge in [0, 0.05) is 39.9 Å². The summed E-state index contributed by atoms with van der Waals surface area (Å²) in [5.41, 5.74) is 3.65. The number of nitrogens with one attached hydrogen (secondary N) is 1. The van der Waals surface area contributed by atoms with Crippen LogP contribution >= 0.6 is 11.6 Å². The third-order valence-electron chi connectivity index (χ3n) is 6.59. The van der Waals surface area contributed by atoms with Crippen LogP contribution in [0.15, 0.2) is 76.6 Å². The van der Waals surface area contributed by atoms with Crippen molar-refractivity contribution in [2.45, 2.75) is 25.8 Å². The first-order valence-corrected chi connectivity index (χ1v) is 12.4. The van der Waals surface area contributed by atoms with E-state index in [4.69, 9.17) is 26.2 Å². The van der Waals surface area contributed by atoms with Gasteiger partial charge in [0.15, 0.2) is 11.5 Å². The molecule has 1 aliphatic rings. The number of carbonyl (C=O) groups excluding carboxylic acids is 1. The van der Waals surface area contributed by atoms with Crippen molar-refractivity contribution in [2.75, 3.05) is 14.2 Å². The number of amides is 1. The van der Waals surface area contributed by atoms with Gasteiger partial charge in [0.2, 0.25) is 5.91 Å². The minimum Gasteiger partial charge on any atom is -0.493 e. The lowest BCUT2D eigenvalue weighted by Crippen LogP contribution is -2.26. The Morgan fingerprint density at radius 3 is 2.54 bits per heavy atom. The Bertz CT molecular complexity index is 1580. The molecule has 8 heteroatoms. The zero-order valence-electron chi connectivity index (χ0n) is 20.7. The van der Waals surface area contributed by atoms with Crippen molar-refractivity contribution < 1.29 is 14.3 Å². The van der Waals surface area contributed by atoms with Crippen LogP contribution < -0.4 is 15.0 Å². The molecule has 0 radical (unpaired) electrons. The molecule has 1 aromatic heterocycles. The number of nitrogens with zero attached hydrogens (tertiary/aromatic N) is 2. The molecule has 1 aliphatic heterocycles. The molecule has 5 rings (SSSR count). The number of para-hydroxylation sites is 1. The van der Waals surface area contributed by atoms with Crippen molar-refractivity contribution in [1.82, 2.24) is 9.99 Å². The van der Waals surface area contributed by atoms with Crippen molar-refractivity contribution >= 4 is 34.1 Å². The summed E-state index contributed by atoms with van der Waals surface area (Å²) in [6.07, 6.45) is 0.582. The molecular formula is C29H26ClN3O4. The minimum absolute atomic E-state index is 0.161. The van der Waals surface area contributed by atoms with E-state index in [1.807, 2.05) is 48.5 Å². The highest BCUT2D eigenvalue weighted by Crippen LogP contribution is 2.43. The molecular weight excluding hydrogens is 490 g/mol. The summed E-state index contributed by atoms with van der Waals surface area (Å²) >= 11 is 6.38. The predicted octanol–water partition coefficient (Wildman–Crippen LogP) is 5.95. The Hall–Kier alpha value is -4.10. The summed E-state index contributed by atoms with van der Waals surface area (Å²) in [5, 5.41) is 7.56. The highest BCUT2D eigenvalue weighted by Gasteiger charge is 2.37. The second kappa shape index (κ2) is 10.1. The van der Waals surface area contributed by atoms with Crippen LogP contribution in [0.1, 0.15) is 36.9 Å². The van der Waals surface area contributed by atoms with E-state index in [1.54, 1.807) is 39.3 Å². The number of halogens is 1. The van der Waals surface area contributed by atoms with Gasteiger partial charge in [-0.2, -0.15) is 5.10 Å². The fourth-order valence-corrected chi connectivity index (χ4v) is 5.09. The topological polar surface area (TPSA) is 84.0 Å². The fourth-order valence-electron chi connectivity index (χ4n) is 4.92. The lowest BCUT2D eigenvalue weighted by Gasteiger charge is -2.24. The van der Waals surface area contributed by atoms with Crippen LogP contribution in [-0.4, -0.2) is 35.8 Å². The summed E-state index contributed by atoms with van der Waals surface area (Å²) in [4.78, 5) is 29.6. The average molecular weight is 516 g/mol. The molecule has 1 atom stereocenters. The number of hydrogen-bond acceptors (Lipinski definition) is 5. The van der Waals surface area contributed by atoms with Crippen molar-refractivity contribution in [3.63, 3.8) is 0 Å². The number of hydrogen-bond donors (Lipinski definition) is 1. The highest BCUT2D eigenvalue weighted by atomic mass is 35.5. The zero-order valence-corrected chi connectivity index (χ0v) is 21.5. The number of aromatic nitrogens is 1. The van der Waals surface area contributed by atoms with Crippen LogP contribution in [0.2, 0.25) is 5.02 Å². The largest absolute Gasteiger partial charge is 0.493 e. The third-order valence-corrected chi connectivity index (χ3v) is 6.82. The molecule has 37 heavy (non-hydrogen) atoms. The lowest BCUT2D eigenvalue weighted by molar-refractivity contribution is -0.132. The molecule has 0 unspecified atom stereocenters. The van der Waals surface area contributed by atoms with Gasteiger partial charge >= 0.3 is 0 Å². The van der Waals surface area contributed by atoms with Crippen LogP contribution in [0.25, 0.3) is 22.0 Å². The molecule has 0 aliphatic carbocycles. The Morgan fingerprint density at radius 1 is 1.05 bits per heavy atom. The van der Waals surface area contributed by atoms with E-state index in [2.05, 4.69) is 4.98 Å². The molecule has 0 saturated carbocycles. The lowest BCUT2D eigenvalue weighted by atomic mass is 9.90. The minimum atomic E-state index is -0.467. The summed E-state index contributed by atoms with van der Waals surface area (Å²) < 4.78 is 11.2. The van der Waals surface area contributed by atoms with Crippen molar-refractivity contribution in [2.24, 2.45) is 5.10 Å². The van der Waals surface area contributed by atoms with Gasteiger partial charge in [-0.1, -0.05) is 61.0 Å². The van der Waals surface area contributed by atoms with E-state index < -0.39 is 6.04 Å². The van der Waals surface area contributed by atoms with Gasteiger partial charge in [-0.05, 0) is 29.8 Å². The number of pyridine rings is 1. The van der Waals surface area contributed by atoms with Gasteiger partial charge in [0.05, 0.1) is 31.5 Å². The summed E-state index contributed by atoms with van der Waals surface area (Å²) in [6, 6.07) is 20.1. The van der Waals surface area contributed by atoms with E-state index in [0.717, 1.165) is 22.1 Å². The first-order valence-electron chi connectivity index (χ1n) is 12.0. The molecule has 2 heterocycles. The Morgan fingerprint density at radius 2 is 1.84 bits per heavy atom. The monoisotopic (exact) mass is 515 g/mol. The number of methoxy groups -OCH3 is 2. The van der Waals surface area contributed by atoms with E-state index >= 15 is 0 Å². The summed E-state index contributed by atoms with van der Waals surface area (Å²) in [7, 11) is 3.13. The number of rotatable bonds is 6. The maximum atomic E-state index is 13.6. The molecule has 7 nitrogen and oxygen atoms in total. The number of aromatic amines is 1. The zero-order chi connectivity index (χ0) is 26.1. The van der Waals surface area contributed by atoms with E-state index in [0.29, 0.717) is 39.7 Å². The summed E-state index contributed by atoms with van der Waals surface area (Å²) in [5.74, 6) is 0.926. The first-order chi connectivity index (χ1) is 18.0. The van der Waals surface area contributed by atoms with Gasteiger partial charge in [0.1, 0.15) is 0 Å². The van der Waals surface area contributed by atoms with Crippen molar-refractivity contribution in [1.29, 1.82) is 0 Å². The van der Waals surface area contributed by atoms with E-state index in [-0.39, 0.29) is 17.9 Å². The quantitative estimate of drug-likeness (QED) is 0.344. The van der Waals surface area contributed by atoms with Crippen LogP contribution in [0.4, 0.5) is 0 Å². The van der Waals surface area contributed by atoms with Gasteiger partial charge in [0.25, 0.3) is 5.56 Å². The van der Waals surface area contributed by atoms with Crippen LogP contribution in [0.5, 0.6) is 11.5 Å². The first kappa shape index (κ1) is 24.6. The average Bonchev–Trinajstić information content (AvgIpc) is 3.36. The molecule has 4 aromatic rings. The smallest absolute Gasteiger partial charge is 0.258 e. The van der Waals surface area contributed by atoms with E-state index in [9.17, 15) is 9.59 Å². The van der Waals surface area contributed by atoms with Crippen molar-refractivity contribution in [3.8, 4) is 22.6 Å². The number of carbonyl (C=O) groups is 1. The third kappa shape index (κ3) is 4.36. The molecule has 0 spiro atoms. The maximum Gasteiger partial charge on any atom is 0.258 e. The van der Waals surface area contributed by atoms with Crippen LogP contribution in [0, 0.1) is 0 Å². The number of benzene rings is 3. The van der Waals surface area contributed by atoms with Crippen LogP contribution in [0.3, 0.4) is 0 Å². The Labute approximate surface area is 219 Å². The van der Waals surface area contributed by atoms with E-state index in [1.165, 1.54) is 5.01 Å². The second-order valence-electron chi connectivity index (χ2n) is 8.70. The predicted molar refractivity (Wildman–Crippen MR) is 146 cm³/mol. The standard InChI is InChI=1S/C29H26ClN3O4/c1-4-25(34)33-23(19-11-8-12-24(36-2)28(19)37-3)16-22(32-33)27-26(17-9-6-5-7-10-17)20-15-18(30)13-14-21(20)31-29(27)35/h5-15,23H,4,16H2,1-3H3,(H,31,35)/t23-/m1/s1. The molecule has 188 valence electrons. The Kier molecular flexibility index (Phi) is 6.72. The fraction of sp³-hybridized carbons (Fsp3) is 0.207. The van der Waals surface area contributed by atoms with Crippen molar-refractivity contribution in [3.05, 3.63) is 93.2 Å². The second-order valence-corrected chi connectivity index (χ2v) is 9.14. The number of hydrazone groups is 1. The normalized spacial score (nSPS) is 15.1. The SMILES string of the molecule is CCC(=O)N1N=C(c2c(-c3ccccc3)c3cc(Cl)ccc3[nH]c2=O)C[C@@H]1c1cccc(OC)c1OC. The molecule has 1 amide bonds. The molecule has 0 fully saturated rings. The number of H-pyrrole nitrogens is 1. The Balaban J connectivity index is 1.74. The maximum absolute atomic E-state index is 13.6. The number of ether oxygens (including phenoxy) is 2. The summed E-state index contributed by atoms with van der Waals surface area (Å²) in [6.45, 7) is 1.79. The molecule has 0 bridgehead atoms. The molecule has 0 saturated heterocycles. The van der Waals surface area contributed by atoms with Gasteiger partial charge in [-0.15, -0.1) is 0 Å². The van der Waals surface area contributed by atoms with Gasteiger partial charge in [-0.3, -0.25) is 9.59 Å². The molecule has 3 aromatic carbocycles. The molecule has 1 N–H and O–H groups in total. The van der Waals surface area contributed by atoms with Crippen LogP contribution in [-0.2, 0) is 4.79 Å². The van der Waals surface area contributed by atoms with Gasteiger partial charge in [-0.25, -0.2) is 5.01 Å². The highest BCUT2D eigenvalue weighted by molar-refractivity contribution is 6.31. The van der Waals surface area contributed by atoms with Gasteiger partial charge < -0.3 is 14.5 Å².